The number of aryl methyl sites for hydroxylation is 1. The summed E-state index contributed by atoms with van der Waals surface area (Å²) in [6, 6.07) is 2.38. The zero-order chi connectivity index (χ0) is 15.2. The van der Waals surface area contributed by atoms with Gasteiger partial charge in [0.1, 0.15) is 0 Å². The number of hydrogen-bond donors (Lipinski definition) is 2. The van der Waals surface area contributed by atoms with Crippen LogP contribution < -0.4 is 11.1 Å². The van der Waals surface area contributed by atoms with Gasteiger partial charge >= 0.3 is 0 Å². The molecule has 21 heavy (non-hydrogen) atoms. The van der Waals surface area contributed by atoms with Crippen LogP contribution >= 0.6 is 0 Å². The molecule has 0 saturated heterocycles. The van der Waals surface area contributed by atoms with Crippen molar-refractivity contribution in [3.05, 3.63) is 23.0 Å². The predicted octanol–water partition coefficient (Wildman–Crippen LogP) is 2.29. The number of rotatable bonds is 4. The zero-order valence-electron chi connectivity index (χ0n) is 13.4. The van der Waals surface area contributed by atoms with Gasteiger partial charge in [0.05, 0.1) is 0 Å². The van der Waals surface area contributed by atoms with Gasteiger partial charge < -0.3 is 15.6 Å². The number of carbonyl (C=O) groups excluding carboxylic acids is 1. The molecule has 4 heteroatoms. The fourth-order valence-electron chi connectivity index (χ4n) is 3.60. The van der Waals surface area contributed by atoms with Crippen LogP contribution in [0.5, 0.6) is 0 Å². The van der Waals surface area contributed by atoms with E-state index in [0.717, 1.165) is 32.2 Å². The van der Waals surface area contributed by atoms with E-state index >= 15 is 0 Å². The standard InChI is InChI=1S/C17H27N3O/c1-11-8-13-14(18)9-17(2,3)10-15(13)20(11)7-6-19-16(21)12-4-5-12/h8,12,14H,4-7,9-10,18H2,1-3H3,(H,19,21). The molecule has 2 aliphatic rings. The monoisotopic (exact) mass is 289 g/mol. The van der Waals surface area contributed by atoms with E-state index in [0.29, 0.717) is 6.54 Å². The van der Waals surface area contributed by atoms with Gasteiger partial charge in [0.15, 0.2) is 0 Å². The molecule has 1 heterocycles. The smallest absolute Gasteiger partial charge is 0.223 e. The summed E-state index contributed by atoms with van der Waals surface area (Å²) in [5.41, 5.74) is 10.5. The lowest BCUT2D eigenvalue weighted by Gasteiger charge is -2.34. The lowest BCUT2D eigenvalue weighted by atomic mass is 9.74. The number of hydrogen-bond acceptors (Lipinski definition) is 2. The second-order valence-corrected chi connectivity index (χ2v) is 7.56. The van der Waals surface area contributed by atoms with Gasteiger partial charge in [-0.3, -0.25) is 4.79 Å². The highest BCUT2D eigenvalue weighted by Gasteiger charge is 2.33. The molecule has 1 amide bonds. The van der Waals surface area contributed by atoms with E-state index < -0.39 is 0 Å². The number of nitrogens with two attached hydrogens (primary N) is 1. The molecule has 0 bridgehead atoms. The van der Waals surface area contributed by atoms with E-state index in [1.54, 1.807) is 0 Å². The predicted molar refractivity (Wildman–Crippen MR) is 83.9 cm³/mol. The molecule has 116 valence electrons. The van der Waals surface area contributed by atoms with E-state index in [1.807, 2.05) is 0 Å². The first-order valence-electron chi connectivity index (χ1n) is 8.09. The van der Waals surface area contributed by atoms with Crippen LogP contribution in [-0.4, -0.2) is 17.0 Å². The summed E-state index contributed by atoms with van der Waals surface area (Å²) < 4.78 is 2.35. The minimum absolute atomic E-state index is 0.143. The second kappa shape index (κ2) is 5.16. The molecule has 0 aromatic carbocycles. The quantitative estimate of drug-likeness (QED) is 0.893. The summed E-state index contributed by atoms with van der Waals surface area (Å²) in [5, 5.41) is 3.06. The van der Waals surface area contributed by atoms with Crippen molar-refractivity contribution in [1.29, 1.82) is 0 Å². The lowest BCUT2D eigenvalue weighted by molar-refractivity contribution is -0.122. The summed E-state index contributed by atoms with van der Waals surface area (Å²) in [7, 11) is 0. The summed E-state index contributed by atoms with van der Waals surface area (Å²) in [6.07, 6.45) is 4.24. The van der Waals surface area contributed by atoms with Gasteiger partial charge in [0, 0.05) is 36.4 Å². The van der Waals surface area contributed by atoms with Crippen LogP contribution in [0.2, 0.25) is 0 Å². The Balaban J connectivity index is 1.72. The molecule has 1 aromatic heterocycles. The van der Waals surface area contributed by atoms with Crippen LogP contribution in [-0.2, 0) is 17.8 Å². The van der Waals surface area contributed by atoms with Gasteiger partial charge in [-0.1, -0.05) is 13.8 Å². The summed E-state index contributed by atoms with van der Waals surface area (Å²) in [4.78, 5) is 11.7. The Labute approximate surface area is 127 Å². The number of nitrogens with one attached hydrogen (secondary N) is 1. The molecule has 0 radical (unpaired) electrons. The number of nitrogens with zero attached hydrogens (tertiary/aromatic N) is 1. The molecule has 1 saturated carbocycles. The fourth-order valence-corrected chi connectivity index (χ4v) is 3.60. The molecule has 1 aromatic rings. The molecule has 4 nitrogen and oxygen atoms in total. The summed E-state index contributed by atoms with van der Waals surface area (Å²) in [6.45, 7) is 8.28. The third kappa shape index (κ3) is 3.00. The third-order valence-corrected chi connectivity index (χ3v) is 4.85. The Morgan fingerprint density at radius 2 is 2.19 bits per heavy atom. The van der Waals surface area contributed by atoms with Crippen LogP contribution in [0.15, 0.2) is 6.07 Å². The number of carbonyl (C=O) groups is 1. The van der Waals surface area contributed by atoms with Gasteiger partial charge in [-0.05, 0) is 49.7 Å². The van der Waals surface area contributed by atoms with E-state index in [-0.39, 0.29) is 23.3 Å². The Bertz CT molecular complexity index is 555. The lowest BCUT2D eigenvalue weighted by Crippen LogP contribution is -2.32. The van der Waals surface area contributed by atoms with Crippen LogP contribution in [0.25, 0.3) is 0 Å². The van der Waals surface area contributed by atoms with Crippen molar-refractivity contribution in [2.75, 3.05) is 6.54 Å². The van der Waals surface area contributed by atoms with Crippen molar-refractivity contribution in [1.82, 2.24) is 9.88 Å². The number of aromatic nitrogens is 1. The maximum Gasteiger partial charge on any atom is 0.223 e. The van der Waals surface area contributed by atoms with E-state index in [9.17, 15) is 4.79 Å². The molecule has 1 atom stereocenters. The van der Waals surface area contributed by atoms with E-state index in [1.165, 1.54) is 17.0 Å². The Morgan fingerprint density at radius 3 is 2.86 bits per heavy atom. The van der Waals surface area contributed by atoms with Gasteiger partial charge in [0.25, 0.3) is 0 Å². The maximum atomic E-state index is 11.7. The molecule has 0 spiro atoms. The van der Waals surface area contributed by atoms with Crippen molar-refractivity contribution in [3.8, 4) is 0 Å². The Morgan fingerprint density at radius 1 is 1.48 bits per heavy atom. The van der Waals surface area contributed by atoms with E-state index in [2.05, 4.69) is 36.7 Å². The first-order chi connectivity index (χ1) is 9.87. The highest BCUT2D eigenvalue weighted by Crippen LogP contribution is 2.40. The molecule has 0 aliphatic heterocycles. The first-order valence-corrected chi connectivity index (χ1v) is 8.09. The Kier molecular flexibility index (Phi) is 3.60. The van der Waals surface area contributed by atoms with Crippen molar-refractivity contribution in [2.24, 2.45) is 17.1 Å². The topological polar surface area (TPSA) is 60.0 Å². The highest BCUT2D eigenvalue weighted by atomic mass is 16.2. The number of fused-ring (bicyclic) bond motifs is 1. The molecule has 1 unspecified atom stereocenters. The first kappa shape index (κ1) is 14.6. The second-order valence-electron chi connectivity index (χ2n) is 7.56. The molecular formula is C17H27N3O. The average molecular weight is 289 g/mol. The molecule has 2 aliphatic carbocycles. The van der Waals surface area contributed by atoms with Crippen LogP contribution in [0.3, 0.4) is 0 Å². The third-order valence-electron chi connectivity index (χ3n) is 4.85. The van der Waals surface area contributed by atoms with E-state index in [4.69, 9.17) is 5.73 Å². The molecule has 3 rings (SSSR count). The molecule has 3 N–H and O–H groups in total. The SMILES string of the molecule is Cc1cc2c(n1CCNC(=O)C1CC1)CC(C)(C)CC2N. The number of amides is 1. The highest BCUT2D eigenvalue weighted by molar-refractivity contribution is 5.80. The fraction of sp³-hybridized carbons (Fsp3) is 0.706. The van der Waals surface area contributed by atoms with Gasteiger partial charge in [-0.15, -0.1) is 0 Å². The van der Waals surface area contributed by atoms with Crippen molar-refractivity contribution in [2.45, 2.75) is 59.0 Å². The summed E-state index contributed by atoms with van der Waals surface area (Å²) in [5.74, 6) is 0.516. The van der Waals surface area contributed by atoms with Gasteiger partial charge in [0.2, 0.25) is 5.91 Å². The molecular weight excluding hydrogens is 262 g/mol. The van der Waals surface area contributed by atoms with Crippen molar-refractivity contribution < 1.29 is 4.79 Å². The minimum Gasteiger partial charge on any atom is -0.354 e. The van der Waals surface area contributed by atoms with Crippen LogP contribution in [0.1, 0.15) is 56.1 Å². The van der Waals surface area contributed by atoms with Crippen molar-refractivity contribution in [3.63, 3.8) is 0 Å². The minimum atomic E-state index is 0.143. The van der Waals surface area contributed by atoms with Crippen LogP contribution in [0, 0.1) is 18.3 Å². The average Bonchev–Trinajstić information content (AvgIpc) is 3.17. The van der Waals surface area contributed by atoms with Crippen molar-refractivity contribution >= 4 is 5.91 Å². The summed E-state index contributed by atoms with van der Waals surface area (Å²) >= 11 is 0. The van der Waals surface area contributed by atoms with Gasteiger partial charge in [-0.25, -0.2) is 0 Å². The Hall–Kier alpha value is -1.29. The molecule has 1 fully saturated rings. The van der Waals surface area contributed by atoms with Crippen LogP contribution in [0.4, 0.5) is 0 Å². The largest absolute Gasteiger partial charge is 0.354 e. The maximum absolute atomic E-state index is 11.7. The normalized spacial score (nSPS) is 23.7. The zero-order valence-corrected chi connectivity index (χ0v) is 13.4. The van der Waals surface area contributed by atoms with Gasteiger partial charge in [-0.2, -0.15) is 0 Å².